The Labute approximate surface area is 354 Å². The predicted molar refractivity (Wildman–Crippen MR) is 258 cm³/mol. The lowest BCUT2D eigenvalue weighted by Crippen LogP contribution is -2.11. The van der Waals surface area contributed by atoms with E-state index < -0.39 is 0 Å². The van der Waals surface area contributed by atoms with Crippen LogP contribution >= 0.6 is 0 Å². The fourth-order valence-corrected chi connectivity index (χ4v) is 9.60. The van der Waals surface area contributed by atoms with Crippen LogP contribution in [0.2, 0.25) is 0 Å². The summed E-state index contributed by atoms with van der Waals surface area (Å²) in [5.41, 5.74) is 15.1. The zero-order valence-corrected chi connectivity index (χ0v) is 33.4. The second-order valence-corrected chi connectivity index (χ2v) is 15.7. The summed E-state index contributed by atoms with van der Waals surface area (Å²) in [6.45, 7) is 0. The Morgan fingerprint density at radius 3 is 1.36 bits per heavy atom. The van der Waals surface area contributed by atoms with Crippen molar-refractivity contribution in [3.05, 3.63) is 237 Å². The van der Waals surface area contributed by atoms with Crippen LogP contribution in [-0.4, -0.2) is 9.13 Å². The molecule has 12 rings (SSSR count). The molecule has 0 aliphatic rings. The fraction of sp³-hybridized carbons (Fsp3) is 0. The molecule has 2 heterocycles. The number of aromatic nitrogens is 2. The molecule has 12 aromatic rings. The van der Waals surface area contributed by atoms with E-state index in [9.17, 15) is 0 Å². The molecule has 0 spiro atoms. The highest BCUT2D eigenvalue weighted by atomic mass is 15.1. The Morgan fingerprint density at radius 2 is 0.738 bits per heavy atom. The number of benzene rings is 10. The Balaban J connectivity index is 1.06. The molecule has 0 bridgehead atoms. The highest BCUT2D eigenvalue weighted by molar-refractivity contribution is 6.11. The van der Waals surface area contributed by atoms with Crippen LogP contribution in [0.25, 0.3) is 88.0 Å². The second kappa shape index (κ2) is 14.3. The van der Waals surface area contributed by atoms with E-state index >= 15 is 0 Å². The van der Waals surface area contributed by atoms with E-state index in [4.69, 9.17) is 0 Å². The molecule has 0 fully saturated rings. The number of nitrogens with zero attached hydrogens (tertiary/aromatic N) is 3. The molecule has 2 aromatic heterocycles. The van der Waals surface area contributed by atoms with Crippen molar-refractivity contribution < 1.29 is 0 Å². The van der Waals surface area contributed by atoms with Crippen molar-refractivity contribution in [3.8, 4) is 33.6 Å². The van der Waals surface area contributed by atoms with Gasteiger partial charge >= 0.3 is 0 Å². The average molecular weight is 778 g/mol. The smallest absolute Gasteiger partial charge is 0.0561 e. The van der Waals surface area contributed by atoms with E-state index in [0.717, 1.165) is 34.0 Å². The second-order valence-electron chi connectivity index (χ2n) is 15.7. The van der Waals surface area contributed by atoms with Crippen molar-refractivity contribution in [2.45, 2.75) is 0 Å². The largest absolute Gasteiger partial charge is 0.310 e. The predicted octanol–water partition coefficient (Wildman–Crippen LogP) is 15.8. The van der Waals surface area contributed by atoms with Gasteiger partial charge in [0, 0.05) is 50.0 Å². The van der Waals surface area contributed by atoms with Crippen LogP contribution in [0.15, 0.2) is 237 Å². The third kappa shape index (κ3) is 5.74. The molecule has 0 saturated carbocycles. The van der Waals surface area contributed by atoms with Gasteiger partial charge in [0.2, 0.25) is 0 Å². The molecule has 0 amide bonds. The number of hydrogen-bond acceptors (Lipinski definition) is 1. The summed E-state index contributed by atoms with van der Waals surface area (Å²) in [5.74, 6) is 0. The molecule has 0 aliphatic carbocycles. The molecule has 0 unspecified atom stereocenters. The number of anilines is 3. The minimum Gasteiger partial charge on any atom is -0.310 e. The van der Waals surface area contributed by atoms with Gasteiger partial charge in [-0.25, -0.2) is 0 Å². The van der Waals surface area contributed by atoms with Gasteiger partial charge in [-0.3, -0.25) is 0 Å². The van der Waals surface area contributed by atoms with E-state index in [1.165, 1.54) is 71.1 Å². The molecular weight excluding hydrogens is 739 g/mol. The Hall–Kier alpha value is -8.14. The molecule has 0 radical (unpaired) electrons. The van der Waals surface area contributed by atoms with E-state index in [2.05, 4.69) is 251 Å². The quantitative estimate of drug-likeness (QED) is 0.157. The number of fused-ring (bicyclic) bond motifs is 7. The van der Waals surface area contributed by atoms with Crippen molar-refractivity contribution in [3.63, 3.8) is 0 Å². The van der Waals surface area contributed by atoms with Gasteiger partial charge in [0.25, 0.3) is 0 Å². The Morgan fingerprint density at radius 1 is 0.279 bits per heavy atom. The van der Waals surface area contributed by atoms with Crippen LogP contribution < -0.4 is 4.90 Å². The minimum absolute atomic E-state index is 1.07. The van der Waals surface area contributed by atoms with Gasteiger partial charge in [-0.2, -0.15) is 0 Å². The van der Waals surface area contributed by atoms with Crippen LogP contribution in [0.5, 0.6) is 0 Å². The first-order chi connectivity index (χ1) is 30.3. The minimum atomic E-state index is 1.07. The van der Waals surface area contributed by atoms with E-state index in [0.29, 0.717) is 0 Å². The highest BCUT2D eigenvalue weighted by Gasteiger charge is 2.20. The molecule has 286 valence electrons. The monoisotopic (exact) mass is 777 g/mol. The molecule has 61 heavy (non-hydrogen) atoms. The van der Waals surface area contributed by atoms with Gasteiger partial charge in [-0.1, -0.05) is 164 Å². The molecule has 3 heteroatoms. The topological polar surface area (TPSA) is 13.1 Å². The van der Waals surface area contributed by atoms with Gasteiger partial charge in [-0.15, -0.1) is 0 Å². The van der Waals surface area contributed by atoms with Crippen molar-refractivity contribution in [2.24, 2.45) is 0 Å². The van der Waals surface area contributed by atoms with Gasteiger partial charge in [0.05, 0.1) is 22.1 Å². The van der Waals surface area contributed by atoms with Crippen LogP contribution in [0.1, 0.15) is 0 Å². The first kappa shape index (κ1) is 34.9. The molecule has 3 nitrogen and oxygen atoms in total. The lowest BCUT2D eigenvalue weighted by atomic mass is 9.91. The molecule has 0 atom stereocenters. The molecule has 10 aromatic carbocycles. The van der Waals surface area contributed by atoms with E-state index in [1.54, 1.807) is 0 Å². The number of hydrogen-bond donors (Lipinski definition) is 0. The van der Waals surface area contributed by atoms with Crippen molar-refractivity contribution in [2.75, 3.05) is 4.90 Å². The number of rotatable bonds is 7. The number of para-hydroxylation sites is 4. The fourth-order valence-electron chi connectivity index (χ4n) is 9.60. The summed E-state index contributed by atoms with van der Waals surface area (Å²) < 4.78 is 4.80. The van der Waals surface area contributed by atoms with Crippen LogP contribution in [0.3, 0.4) is 0 Å². The zero-order valence-electron chi connectivity index (χ0n) is 33.4. The highest BCUT2D eigenvalue weighted by Crippen LogP contribution is 2.43. The van der Waals surface area contributed by atoms with Crippen molar-refractivity contribution in [1.29, 1.82) is 0 Å². The average Bonchev–Trinajstić information content (AvgIpc) is 3.85. The van der Waals surface area contributed by atoms with Crippen LogP contribution in [-0.2, 0) is 0 Å². The van der Waals surface area contributed by atoms with Crippen molar-refractivity contribution in [1.82, 2.24) is 9.13 Å². The first-order valence-corrected chi connectivity index (χ1v) is 20.9. The molecule has 0 saturated heterocycles. The first-order valence-electron chi connectivity index (χ1n) is 20.9. The van der Waals surface area contributed by atoms with Crippen LogP contribution in [0, 0.1) is 0 Å². The maximum atomic E-state index is 2.41. The SMILES string of the molecule is c1ccc(-c2cccc3cccc(-c4ccc(N(c5cccc(-n6c7ccccc7c7ccccc76)c5)c5ccc6c7ccccc7n(-c7ccccc7)c6c5)cc4)c23)cc1. The Bertz CT molecular complexity index is 3520. The van der Waals surface area contributed by atoms with Crippen LogP contribution in [0.4, 0.5) is 17.1 Å². The van der Waals surface area contributed by atoms with Gasteiger partial charge in [-0.05, 0) is 106 Å². The maximum absolute atomic E-state index is 2.41. The lowest BCUT2D eigenvalue weighted by Gasteiger charge is -2.27. The summed E-state index contributed by atoms with van der Waals surface area (Å²) >= 11 is 0. The summed E-state index contributed by atoms with van der Waals surface area (Å²) in [7, 11) is 0. The zero-order chi connectivity index (χ0) is 40.3. The maximum Gasteiger partial charge on any atom is 0.0561 e. The van der Waals surface area contributed by atoms with E-state index in [-0.39, 0.29) is 0 Å². The Kier molecular flexibility index (Phi) is 8.17. The molecular formula is C58H39N3. The standard InChI is InChI=1S/C58H39N3/c1-3-16-40(17-4-1)48-27-13-18-42-19-14-28-49(58(42)48)41-32-34-44(35-33-41)59(45-22-15-23-46(38-45)61-55-30-11-7-24-50(55)51-25-8-12-31-56(51)61)47-36-37-53-52-26-9-10-29-54(52)60(57(53)39-47)43-20-5-2-6-21-43/h1-39H. The lowest BCUT2D eigenvalue weighted by molar-refractivity contribution is 1.16. The van der Waals surface area contributed by atoms with Gasteiger partial charge in [0.15, 0.2) is 0 Å². The summed E-state index contributed by atoms with van der Waals surface area (Å²) in [6.07, 6.45) is 0. The third-order valence-corrected chi connectivity index (χ3v) is 12.3. The molecule has 0 aliphatic heterocycles. The van der Waals surface area contributed by atoms with Gasteiger partial charge in [0.1, 0.15) is 0 Å². The summed E-state index contributed by atoms with van der Waals surface area (Å²) in [5, 5.41) is 7.45. The van der Waals surface area contributed by atoms with E-state index in [1.807, 2.05) is 0 Å². The summed E-state index contributed by atoms with van der Waals surface area (Å²) in [6, 6.07) is 85.9. The van der Waals surface area contributed by atoms with Crippen molar-refractivity contribution >= 4 is 71.4 Å². The third-order valence-electron chi connectivity index (χ3n) is 12.3. The summed E-state index contributed by atoms with van der Waals surface area (Å²) in [4.78, 5) is 2.41. The normalized spacial score (nSPS) is 11.6. The van der Waals surface area contributed by atoms with Gasteiger partial charge < -0.3 is 14.0 Å². The molecule has 0 N–H and O–H groups in total.